The second-order valence-corrected chi connectivity index (χ2v) is 3.34. The first-order chi connectivity index (χ1) is 6.86. The molecule has 0 aliphatic carbocycles. The van der Waals surface area contributed by atoms with Crippen LogP contribution in [0.4, 0.5) is 0 Å². The molecule has 2 rings (SSSR count). The number of benzene rings is 1. The van der Waals surface area contributed by atoms with E-state index < -0.39 is 0 Å². The van der Waals surface area contributed by atoms with Crippen molar-refractivity contribution < 1.29 is 5.73 Å². The molecule has 0 bridgehead atoms. The third-order valence-electron chi connectivity index (χ3n) is 2.24. The summed E-state index contributed by atoms with van der Waals surface area (Å²) in [7, 11) is 0. The largest absolute Gasteiger partial charge is 0.350 e. The van der Waals surface area contributed by atoms with Crippen LogP contribution in [0.3, 0.4) is 0 Å². The highest BCUT2D eigenvalue weighted by atomic mass is 15.3. The molecule has 0 aliphatic heterocycles. The molecule has 0 fully saturated rings. The Morgan fingerprint density at radius 3 is 2.64 bits per heavy atom. The van der Waals surface area contributed by atoms with Gasteiger partial charge in [-0.1, -0.05) is 30.3 Å². The zero-order valence-electron chi connectivity index (χ0n) is 8.00. The lowest BCUT2D eigenvalue weighted by molar-refractivity contribution is -0.430. The number of quaternary nitrogens is 1. The Morgan fingerprint density at radius 2 is 2.00 bits per heavy atom. The SMILES string of the molecule is [NH3+]C(Cn1cccn1)c1ccccc1. The smallest absolute Gasteiger partial charge is 0.130 e. The lowest BCUT2D eigenvalue weighted by Gasteiger charge is -2.08. The minimum atomic E-state index is 0.260. The van der Waals surface area contributed by atoms with Crippen LogP contribution >= 0.6 is 0 Å². The summed E-state index contributed by atoms with van der Waals surface area (Å²) < 4.78 is 1.91. The molecule has 0 aliphatic rings. The van der Waals surface area contributed by atoms with Gasteiger partial charge in [0.15, 0.2) is 0 Å². The number of aromatic nitrogens is 2. The Morgan fingerprint density at radius 1 is 1.21 bits per heavy atom. The van der Waals surface area contributed by atoms with Gasteiger partial charge in [-0.2, -0.15) is 5.10 Å². The molecule has 1 aromatic heterocycles. The maximum atomic E-state index is 4.16. The van der Waals surface area contributed by atoms with E-state index in [1.54, 1.807) is 6.20 Å². The second kappa shape index (κ2) is 4.07. The summed E-state index contributed by atoms with van der Waals surface area (Å²) >= 11 is 0. The molecule has 3 N–H and O–H groups in total. The Bertz CT molecular complexity index is 367. The van der Waals surface area contributed by atoms with Crippen molar-refractivity contribution in [2.24, 2.45) is 0 Å². The van der Waals surface area contributed by atoms with Crippen LogP contribution in [0.1, 0.15) is 11.6 Å². The summed E-state index contributed by atoms with van der Waals surface area (Å²) in [4.78, 5) is 0. The van der Waals surface area contributed by atoms with E-state index in [-0.39, 0.29) is 6.04 Å². The molecule has 3 heteroatoms. The van der Waals surface area contributed by atoms with E-state index in [4.69, 9.17) is 0 Å². The van der Waals surface area contributed by atoms with Gasteiger partial charge >= 0.3 is 0 Å². The summed E-state index contributed by atoms with van der Waals surface area (Å²) in [5.41, 5.74) is 5.38. The molecule has 0 spiro atoms. The highest BCUT2D eigenvalue weighted by molar-refractivity contribution is 5.16. The normalized spacial score (nSPS) is 12.6. The van der Waals surface area contributed by atoms with Crippen LogP contribution < -0.4 is 5.73 Å². The predicted octanol–water partition coefficient (Wildman–Crippen LogP) is 0.866. The molecular formula is C11H14N3+. The van der Waals surface area contributed by atoms with E-state index >= 15 is 0 Å². The number of nitrogens with zero attached hydrogens (tertiary/aromatic N) is 2. The Balaban J connectivity index is 2.07. The molecule has 3 nitrogen and oxygen atoms in total. The fourth-order valence-corrected chi connectivity index (χ4v) is 1.46. The van der Waals surface area contributed by atoms with Gasteiger partial charge in [0.2, 0.25) is 0 Å². The van der Waals surface area contributed by atoms with E-state index in [1.807, 2.05) is 35.1 Å². The van der Waals surface area contributed by atoms with Crippen LogP contribution in [-0.2, 0) is 6.54 Å². The van der Waals surface area contributed by atoms with Crippen LogP contribution in [-0.4, -0.2) is 9.78 Å². The zero-order chi connectivity index (χ0) is 9.80. The number of hydrogen-bond donors (Lipinski definition) is 1. The topological polar surface area (TPSA) is 45.5 Å². The van der Waals surface area contributed by atoms with Crippen LogP contribution in [0.2, 0.25) is 0 Å². The molecule has 14 heavy (non-hydrogen) atoms. The second-order valence-electron chi connectivity index (χ2n) is 3.34. The third kappa shape index (κ3) is 2.00. The first-order valence-electron chi connectivity index (χ1n) is 4.72. The quantitative estimate of drug-likeness (QED) is 0.763. The molecule has 0 radical (unpaired) electrons. The summed E-state index contributed by atoms with van der Waals surface area (Å²) in [5.74, 6) is 0. The van der Waals surface area contributed by atoms with Crippen LogP contribution in [0.25, 0.3) is 0 Å². The van der Waals surface area contributed by atoms with Gasteiger partial charge in [0.05, 0.1) is 6.54 Å². The number of hydrogen-bond acceptors (Lipinski definition) is 1. The third-order valence-corrected chi connectivity index (χ3v) is 2.24. The molecule has 1 heterocycles. The van der Waals surface area contributed by atoms with Gasteiger partial charge in [-0.25, -0.2) is 0 Å². The summed E-state index contributed by atoms with van der Waals surface area (Å²) in [5, 5.41) is 4.16. The molecule has 0 amide bonds. The highest BCUT2D eigenvalue weighted by Crippen LogP contribution is 2.08. The van der Waals surface area contributed by atoms with Gasteiger partial charge in [-0.3, -0.25) is 4.68 Å². The standard InChI is InChI=1S/C11H13N3/c12-11(9-14-8-4-7-13-14)10-5-2-1-3-6-10/h1-8,11H,9,12H2/p+1. The van der Waals surface area contributed by atoms with Gasteiger partial charge in [0, 0.05) is 18.0 Å². The average Bonchev–Trinajstić information content (AvgIpc) is 2.72. The summed E-state index contributed by atoms with van der Waals surface area (Å²) in [6, 6.07) is 12.5. The first kappa shape index (κ1) is 8.97. The van der Waals surface area contributed by atoms with Crippen molar-refractivity contribution >= 4 is 0 Å². The van der Waals surface area contributed by atoms with Crippen LogP contribution in [0, 0.1) is 0 Å². The van der Waals surface area contributed by atoms with E-state index in [1.165, 1.54) is 5.56 Å². The first-order valence-corrected chi connectivity index (χ1v) is 4.72. The average molecular weight is 188 g/mol. The summed E-state index contributed by atoms with van der Waals surface area (Å²) in [6.45, 7) is 0.830. The van der Waals surface area contributed by atoms with Crippen molar-refractivity contribution in [2.45, 2.75) is 12.6 Å². The van der Waals surface area contributed by atoms with E-state index in [0.717, 1.165) is 6.54 Å². The maximum absolute atomic E-state index is 4.16. The molecular weight excluding hydrogens is 174 g/mol. The Hall–Kier alpha value is -1.61. The zero-order valence-corrected chi connectivity index (χ0v) is 8.00. The fraction of sp³-hybridized carbons (Fsp3) is 0.182. The van der Waals surface area contributed by atoms with Crippen molar-refractivity contribution in [1.29, 1.82) is 0 Å². The lowest BCUT2D eigenvalue weighted by Crippen LogP contribution is -2.55. The van der Waals surface area contributed by atoms with Crippen LogP contribution in [0.5, 0.6) is 0 Å². The van der Waals surface area contributed by atoms with Gasteiger partial charge < -0.3 is 5.73 Å². The van der Waals surface area contributed by atoms with Gasteiger partial charge in [-0.05, 0) is 6.07 Å². The molecule has 0 saturated heterocycles. The van der Waals surface area contributed by atoms with Crippen molar-refractivity contribution in [2.75, 3.05) is 0 Å². The van der Waals surface area contributed by atoms with Gasteiger partial charge in [0.25, 0.3) is 0 Å². The number of rotatable bonds is 3. The molecule has 72 valence electrons. The van der Waals surface area contributed by atoms with Crippen LogP contribution in [0.15, 0.2) is 48.8 Å². The van der Waals surface area contributed by atoms with Gasteiger partial charge in [-0.15, -0.1) is 0 Å². The minimum Gasteiger partial charge on any atom is -0.350 e. The lowest BCUT2D eigenvalue weighted by atomic mass is 10.1. The van der Waals surface area contributed by atoms with E-state index in [0.29, 0.717) is 0 Å². The Kier molecular flexibility index (Phi) is 2.60. The Labute approximate surface area is 83.2 Å². The minimum absolute atomic E-state index is 0.260. The maximum Gasteiger partial charge on any atom is 0.130 e. The molecule has 1 unspecified atom stereocenters. The predicted molar refractivity (Wildman–Crippen MR) is 54.3 cm³/mol. The van der Waals surface area contributed by atoms with E-state index in [2.05, 4.69) is 23.0 Å². The van der Waals surface area contributed by atoms with Gasteiger partial charge in [0.1, 0.15) is 6.04 Å². The molecule has 2 aromatic rings. The van der Waals surface area contributed by atoms with Crippen molar-refractivity contribution in [3.05, 3.63) is 54.4 Å². The highest BCUT2D eigenvalue weighted by Gasteiger charge is 2.09. The summed E-state index contributed by atoms with van der Waals surface area (Å²) in [6.07, 6.45) is 3.75. The van der Waals surface area contributed by atoms with E-state index in [9.17, 15) is 0 Å². The van der Waals surface area contributed by atoms with Crippen molar-refractivity contribution in [3.63, 3.8) is 0 Å². The monoisotopic (exact) mass is 188 g/mol. The fourth-order valence-electron chi connectivity index (χ4n) is 1.46. The molecule has 0 saturated carbocycles. The van der Waals surface area contributed by atoms with Crippen molar-refractivity contribution in [3.8, 4) is 0 Å². The van der Waals surface area contributed by atoms with Crippen molar-refractivity contribution in [1.82, 2.24) is 9.78 Å². The molecule has 1 atom stereocenters. The molecule has 1 aromatic carbocycles.